The Morgan fingerprint density at radius 2 is 1.87 bits per heavy atom. The monoisotopic (exact) mass is 322 g/mol. The summed E-state index contributed by atoms with van der Waals surface area (Å²) in [6, 6.07) is 0.527. The van der Waals surface area contributed by atoms with Gasteiger partial charge in [-0.05, 0) is 45.1 Å². The average molecular weight is 322 g/mol. The van der Waals surface area contributed by atoms with Crippen LogP contribution in [0.25, 0.3) is 0 Å². The molecule has 130 valence electrons. The van der Waals surface area contributed by atoms with Crippen LogP contribution in [0.3, 0.4) is 0 Å². The van der Waals surface area contributed by atoms with Gasteiger partial charge in [0.2, 0.25) is 5.91 Å². The fraction of sp³-hybridized carbons (Fsp3) is 0.889. The van der Waals surface area contributed by atoms with Gasteiger partial charge in [-0.25, -0.2) is 0 Å². The van der Waals surface area contributed by atoms with Crippen molar-refractivity contribution in [2.24, 2.45) is 11.3 Å². The number of aliphatic carboxylic acids is 1. The zero-order valence-electron chi connectivity index (χ0n) is 14.3. The molecule has 0 aromatic carbocycles. The first-order chi connectivity index (χ1) is 11.0. The Bertz CT molecular complexity index is 457. The zero-order valence-corrected chi connectivity index (χ0v) is 14.3. The van der Waals surface area contributed by atoms with Crippen LogP contribution in [0.1, 0.15) is 57.8 Å². The molecule has 23 heavy (non-hydrogen) atoms. The molecule has 0 bridgehead atoms. The number of nitrogens with zero attached hydrogens (tertiary/aromatic N) is 2. The zero-order chi connectivity index (χ0) is 16.4. The third-order valence-electron chi connectivity index (χ3n) is 6.09. The molecule has 1 amide bonds. The van der Waals surface area contributed by atoms with E-state index in [-0.39, 0.29) is 5.91 Å². The molecule has 1 aliphatic heterocycles. The van der Waals surface area contributed by atoms with Crippen molar-refractivity contribution in [1.82, 2.24) is 9.80 Å². The number of amides is 1. The number of likely N-dealkylation sites (N-methyl/N-ethyl adjacent to an activating group) is 1. The second kappa shape index (κ2) is 6.80. The molecule has 0 spiro atoms. The summed E-state index contributed by atoms with van der Waals surface area (Å²) >= 11 is 0. The minimum atomic E-state index is -0.703. The number of carbonyl (C=O) groups excluding carboxylic acids is 1. The largest absolute Gasteiger partial charge is 0.481 e. The van der Waals surface area contributed by atoms with Crippen molar-refractivity contribution in [3.8, 4) is 0 Å². The van der Waals surface area contributed by atoms with Gasteiger partial charge in [-0.15, -0.1) is 0 Å². The number of carbonyl (C=O) groups is 2. The normalized spacial score (nSPS) is 29.2. The highest BCUT2D eigenvalue weighted by Crippen LogP contribution is 2.45. The third-order valence-corrected chi connectivity index (χ3v) is 6.09. The lowest BCUT2D eigenvalue weighted by molar-refractivity contribution is -0.156. The van der Waals surface area contributed by atoms with E-state index in [1.807, 2.05) is 11.9 Å². The van der Waals surface area contributed by atoms with Crippen LogP contribution in [-0.4, -0.2) is 59.5 Å². The molecule has 5 heteroatoms. The molecule has 2 aliphatic carbocycles. The molecule has 3 rings (SSSR count). The molecule has 3 fully saturated rings. The molecule has 3 aliphatic rings. The maximum atomic E-state index is 12.7. The van der Waals surface area contributed by atoms with Crippen LogP contribution in [0.2, 0.25) is 0 Å². The van der Waals surface area contributed by atoms with Gasteiger partial charge in [-0.2, -0.15) is 0 Å². The van der Waals surface area contributed by atoms with Gasteiger partial charge in [0.15, 0.2) is 0 Å². The molecule has 1 saturated heterocycles. The summed E-state index contributed by atoms with van der Waals surface area (Å²) in [7, 11) is 2.03. The van der Waals surface area contributed by atoms with Crippen molar-refractivity contribution in [3.63, 3.8) is 0 Å². The van der Waals surface area contributed by atoms with Crippen LogP contribution in [0.4, 0.5) is 0 Å². The number of likely N-dealkylation sites (tertiary alicyclic amines) is 1. The minimum absolute atomic E-state index is 0.112. The van der Waals surface area contributed by atoms with Crippen LogP contribution in [0.15, 0.2) is 0 Å². The lowest BCUT2D eigenvalue weighted by Crippen LogP contribution is -2.52. The Morgan fingerprint density at radius 3 is 2.48 bits per heavy atom. The lowest BCUT2D eigenvalue weighted by atomic mass is 9.75. The maximum absolute atomic E-state index is 12.7. The van der Waals surface area contributed by atoms with Crippen molar-refractivity contribution < 1.29 is 14.7 Å². The Hall–Kier alpha value is -1.10. The number of rotatable bonds is 6. The van der Waals surface area contributed by atoms with Crippen LogP contribution >= 0.6 is 0 Å². The number of piperidine rings is 1. The van der Waals surface area contributed by atoms with E-state index in [4.69, 9.17) is 0 Å². The summed E-state index contributed by atoms with van der Waals surface area (Å²) in [6.07, 6.45) is 9.51. The first-order valence-corrected chi connectivity index (χ1v) is 9.22. The second-order valence-electron chi connectivity index (χ2n) is 8.01. The smallest absolute Gasteiger partial charge is 0.311 e. The Morgan fingerprint density at radius 1 is 1.17 bits per heavy atom. The lowest BCUT2D eigenvalue weighted by Gasteiger charge is -2.41. The van der Waals surface area contributed by atoms with E-state index in [1.54, 1.807) is 0 Å². The maximum Gasteiger partial charge on any atom is 0.311 e. The van der Waals surface area contributed by atoms with E-state index in [9.17, 15) is 14.7 Å². The van der Waals surface area contributed by atoms with Gasteiger partial charge < -0.3 is 10.0 Å². The van der Waals surface area contributed by atoms with E-state index in [1.165, 1.54) is 25.7 Å². The molecule has 0 aromatic rings. The van der Waals surface area contributed by atoms with Crippen molar-refractivity contribution in [2.75, 3.05) is 26.7 Å². The van der Waals surface area contributed by atoms with Crippen molar-refractivity contribution >= 4 is 11.9 Å². The molecule has 1 N–H and O–H groups in total. The van der Waals surface area contributed by atoms with E-state index >= 15 is 0 Å². The fourth-order valence-corrected chi connectivity index (χ4v) is 4.44. The highest BCUT2D eigenvalue weighted by atomic mass is 16.4. The van der Waals surface area contributed by atoms with Gasteiger partial charge in [0, 0.05) is 19.1 Å². The molecule has 5 nitrogen and oxygen atoms in total. The molecule has 1 atom stereocenters. The van der Waals surface area contributed by atoms with E-state index < -0.39 is 11.4 Å². The number of carboxylic acids is 1. The summed E-state index contributed by atoms with van der Waals surface area (Å²) in [4.78, 5) is 28.6. The molecule has 1 unspecified atom stereocenters. The summed E-state index contributed by atoms with van der Waals surface area (Å²) in [5.74, 6) is -0.0196. The molecular formula is C18H30N2O3. The van der Waals surface area contributed by atoms with Crippen LogP contribution in [0.5, 0.6) is 0 Å². The Kier molecular flexibility index (Phi) is 4.95. The van der Waals surface area contributed by atoms with Crippen LogP contribution < -0.4 is 0 Å². The summed E-state index contributed by atoms with van der Waals surface area (Å²) in [5.41, 5.74) is -0.693. The van der Waals surface area contributed by atoms with Crippen LogP contribution in [0, 0.1) is 11.3 Å². The summed E-state index contributed by atoms with van der Waals surface area (Å²) in [6.45, 7) is 1.57. The highest BCUT2D eigenvalue weighted by Gasteiger charge is 2.46. The van der Waals surface area contributed by atoms with Gasteiger partial charge in [0.05, 0.1) is 12.0 Å². The minimum Gasteiger partial charge on any atom is -0.481 e. The third kappa shape index (κ3) is 3.87. The summed E-state index contributed by atoms with van der Waals surface area (Å²) in [5, 5.41) is 9.77. The van der Waals surface area contributed by atoms with Crippen molar-refractivity contribution in [1.29, 1.82) is 0 Å². The number of hydrogen-bond acceptors (Lipinski definition) is 3. The molecule has 0 radical (unpaired) electrons. The van der Waals surface area contributed by atoms with Crippen molar-refractivity contribution in [2.45, 2.75) is 63.8 Å². The van der Waals surface area contributed by atoms with Crippen LogP contribution in [-0.2, 0) is 9.59 Å². The van der Waals surface area contributed by atoms with E-state index in [0.717, 1.165) is 38.6 Å². The molecule has 0 aromatic heterocycles. The van der Waals surface area contributed by atoms with Gasteiger partial charge in [0.1, 0.15) is 0 Å². The molecule has 1 heterocycles. The van der Waals surface area contributed by atoms with E-state index in [0.29, 0.717) is 25.0 Å². The fourth-order valence-electron chi connectivity index (χ4n) is 4.44. The number of hydrogen-bond donors (Lipinski definition) is 1. The van der Waals surface area contributed by atoms with Crippen molar-refractivity contribution in [3.05, 3.63) is 0 Å². The second-order valence-corrected chi connectivity index (χ2v) is 8.01. The summed E-state index contributed by atoms with van der Waals surface area (Å²) < 4.78 is 0. The molecular weight excluding hydrogens is 292 g/mol. The number of carboxylic acid groups (broad SMARTS) is 1. The van der Waals surface area contributed by atoms with Gasteiger partial charge >= 0.3 is 5.97 Å². The predicted octanol–water partition coefficient (Wildman–Crippen LogP) is 2.35. The standard InChI is InChI=1S/C18H30N2O3/c1-19(15-5-2-3-6-15)12-16(21)20-10-4-9-18(13-20,17(22)23)11-14-7-8-14/h14-15H,2-13H2,1H3,(H,22,23). The quantitative estimate of drug-likeness (QED) is 0.815. The Balaban J connectivity index is 1.59. The highest BCUT2D eigenvalue weighted by molar-refractivity contribution is 5.81. The van der Waals surface area contributed by atoms with E-state index in [2.05, 4.69) is 4.90 Å². The van der Waals surface area contributed by atoms with Gasteiger partial charge in [-0.3, -0.25) is 14.5 Å². The predicted molar refractivity (Wildman–Crippen MR) is 88.1 cm³/mol. The molecule has 2 saturated carbocycles. The average Bonchev–Trinajstić information content (AvgIpc) is 3.16. The van der Waals surface area contributed by atoms with Gasteiger partial charge in [0.25, 0.3) is 0 Å². The first kappa shape index (κ1) is 16.7. The topological polar surface area (TPSA) is 60.9 Å². The SMILES string of the molecule is CN(CC(=O)N1CCCC(CC2CC2)(C(=O)O)C1)C1CCCC1. The first-order valence-electron chi connectivity index (χ1n) is 9.22. The Labute approximate surface area is 139 Å². The van der Waals surface area contributed by atoms with Gasteiger partial charge in [-0.1, -0.05) is 25.7 Å².